The van der Waals surface area contributed by atoms with E-state index in [1.807, 2.05) is 0 Å². The van der Waals surface area contributed by atoms with Crippen molar-refractivity contribution < 1.29 is 0 Å². The Morgan fingerprint density at radius 2 is 1.71 bits per heavy atom. The molecule has 21 heavy (non-hydrogen) atoms. The van der Waals surface area contributed by atoms with Crippen molar-refractivity contribution >= 4 is 23.2 Å². The second-order valence-electron chi connectivity index (χ2n) is 5.66. The van der Waals surface area contributed by atoms with Gasteiger partial charge in [-0.2, -0.15) is 0 Å². The highest BCUT2D eigenvalue weighted by Gasteiger charge is 2.10. The average molecular weight is 274 g/mol. The zero-order valence-corrected chi connectivity index (χ0v) is 12.2. The number of benzene rings is 2. The summed E-state index contributed by atoms with van der Waals surface area (Å²) in [7, 11) is 2.13. The van der Waals surface area contributed by atoms with E-state index in [-0.39, 0.29) is 0 Å². The van der Waals surface area contributed by atoms with Gasteiger partial charge >= 0.3 is 0 Å². The lowest BCUT2D eigenvalue weighted by Gasteiger charge is -2.14. The molecular weight excluding hydrogens is 256 g/mol. The number of fused-ring (bicyclic) bond motifs is 3. The summed E-state index contributed by atoms with van der Waals surface area (Å²) in [6.07, 6.45) is 4.59. The van der Waals surface area contributed by atoms with Gasteiger partial charge in [-0.3, -0.25) is 0 Å². The van der Waals surface area contributed by atoms with E-state index in [1.54, 1.807) is 0 Å². The van der Waals surface area contributed by atoms with E-state index in [0.29, 0.717) is 0 Å². The van der Waals surface area contributed by atoms with Crippen LogP contribution in [0.3, 0.4) is 0 Å². The van der Waals surface area contributed by atoms with Crippen molar-refractivity contribution in [2.75, 3.05) is 13.6 Å². The van der Waals surface area contributed by atoms with Gasteiger partial charge in [-0.05, 0) is 17.7 Å². The van der Waals surface area contributed by atoms with Gasteiger partial charge < -0.3 is 9.47 Å². The maximum absolute atomic E-state index is 2.43. The van der Waals surface area contributed by atoms with Gasteiger partial charge in [0.25, 0.3) is 0 Å². The van der Waals surface area contributed by atoms with Crippen molar-refractivity contribution in [3.8, 4) is 0 Å². The van der Waals surface area contributed by atoms with Gasteiger partial charge in [0.2, 0.25) is 0 Å². The summed E-state index contributed by atoms with van der Waals surface area (Å²) in [4.78, 5) is 2.24. The smallest absolute Gasteiger partial charge is 0.0495 e. The van der Waals surface area contributed by atoms with Gasteiger partial charge in [0.15, 0.2) is 0 Å². The highest BCUT2D eigenvalue weighted by molar-refractivity contribution is 5.82. The van der Waals surface area contributed by atoms with Crippen molar-refractivity contribution in [3.05, 3.63) is 70.7 Å². The topological polar surface area (TPSA) is 8.17 Å². The van der Waals surface area contributed by atoms with Gasteiger partial charge in [-0.15, -0.1) is 0 Å². The molecule has 1 aromatic heterocycles. The monoisotopic (exact) mass is 274 g/mol. The van der Waals surface area contributed by atoms with Gasteiger partial charge in [0, 0.05) is 47.8 Å². The third-order valence-electron chi connectivity index (χ3n) is 4.16. The van der Waals surface area contributed by atoms with Gasteiger partial charge in [-0.25, -0.2) is 0 Å². The molecule has 0 saturated heterocycles. The maximum Gasteiger partial charge on any atom is 0.0495 e. The summed E-state index contributed by atoms with van der Waals surface area (Å²) < 4.78 is 2.43. The standard InChI is InChI=1S/C19H18N2/c1-20-12-11-19-17(14-20)16-9-5-6-10-18(16)21(19)13-15-7-3-2-4-8-15/h2-11,14H,12-13H2,1H3. The van der Waals surface area contributed by atoms with Crippen LogP contribution in [0.1, 0.15) is 5.56 Å². The summed E-state index contributed by atoms with van der Waals surface area (Å²) in [6.45, 7) is 1.89. The third kappa shape index (κ3) is 2.04. The molecule has 2 heteroatoms. The molecule has 2 heterocycles. The van der Waals surface area contributed by atoms with Gasteiger partial charge in [0.05, 0.1) is 0 Å². The Hall–Kier alpha value is -2.48. The van der Waals surface area contributed by atoms with Crippen LogP contribution in [0.2, 0.25) is 0 Å². The van der Waals surface area contributed by atoms with Crippen LogP contribution in [0, 0.1) is 0 Å². The predicted octanol–water partition coefficient (Wildman–Crippen LogP) is 2.15. The summed E-state index contributed by atoms with van der Waals surface area (Å²) in [6, 6.07) is 19.4. The number of rotatable bonds is 2. The Labute approximate surface area is 124 Å². The van der Waals surface area contributed by atoms with Crippen molar-refractivity contribution in [1.82, 2.24) is 9.47 Å². The predicted molar refractivity (Wildman–Crippen MR) is 88.3 cm³/mol. The minimum atomic E-state index is 0.921. The van der Waals surface area contributed by atoms with Crippen molar-refractivity contribution in [1.29, 1.82) is 0 Å². The van der Waals surface area contributed by atoms with Crippen LogP contribution in [0.25, 0.3) is 23.2 Å². The molecule has 0 spiro atoms. The lowest BCUT2D eigenvalue weighted by Crippen LogP contribution is -2.36. The molecule has 2 aromatic carbocycles. The van der Waals surface area contributed by atoms with Crippen LogP contribution in [-0.4, -0.2) is 23.1 Å². The molecule has 1 aliphatic rings. The van der Waals surface area contributed by atoms with E-state index in [4.69, 9.17) is 0 Å². The first kappa shape index (κ1) is 12.3. The molecule has 0 bridgehead atoms. The molecule has 0 amide bonds. The average Bonchev–Trinajstić information content (AvgIpc) is 2.82. The quantitative estimate of drug-likeness (QED) is 0.695. The lowest BCUT2D eigenvalue weighted by atomic mass is 10.2. The molecule has 0 aliphatic carbocycles. The first-order valence-corrected chi connectivity index (χ1v) is 7.36. The van der Waals surface area contributed by atoms with Gasteiger partial charge in [-0.1, -0.05) is 48.5 Å². The molecule has 0 atom stereocenters. The minimum absolute atomic E-state index is 0.921. The molecule has 0 radical (unpaired) electrons. The van der Waals surface area contributed by atoms with E-state index in [2.05, 4.69) is 83.4 Å². The fourth-order valence-electron chi connectivity index (χ4n) is 3.15. The molecule has 0 fully saturated rings. The molecular formula is C19H18N2. The van der Waals surface area contributed by atoms with Crippen LogP contribution >= 0.6 is 0 Å². The highest BCUT2D eigenvalue weighted by atomic mass is 15.1. The number of hydrogen-bond donors (Lipinski definition) is 0. The highest BCUT2D eigenvalue weighted by Crippen LogP contribution is 2.12. The first-order valence-electron chi connectivity index (χ1n) is 7.36. The summed E-state index contributed by atoms with van der Waals surface area (Å²) in [5, 5.41) is 4.03. The van der Waals surface area contributed by atoms with Crippen LogP contribution in [0.15, 0.2) is 54.6 Å². The third-order valence-corrected chi connectivity index (χ3v) is 4.16. The Morgan fingerprint density at radius 3 is 2.57 bits per heavy atom. The summed E-state index contributed by atoms with van der Waals surface area (Å²) in [5.74, 6) is 0. The Balaban J connectivity index is 2.00. The molecule has 0 saturated carbocycles. The molecule has 0 N–H and O–H groups in total. The Bertz CT molecular complexity index is 904. The van der Waals surface area contributed by atoms with E-state index in [0.717, 1.165) is 13.1 Å². The fourth-order valence-corrected chi connectivity index (χ4v) is 3.15. The van der Waals surface area contributed by atoms with Crippen molar-refractivity contribution in [2.45, 2.75) is 6.54 Å². The molecule has 104 valence electrons. The Morgan fingerprint density at radius 1 is 0.952 bits per heavy atom. The van der Waals surface area contributed by atoms with E-state index in [1.165, 1.54) is 27.0 Å². The zero-order valence-electron chi connectivity index (χ0n) is 12.2. The van der Waals surface area contributed by atoms with E-state index in [9.17, 15) is 0 Å². The van der Waals surface area contributed by atoms with E-state index < -0.39 is 0 Å². The lowest BCUT2D eigenvalue weighted by molar-refractivity contribution is 0.561. The van der Waals surface area contributed by atoms with Crippen LogP contribution in [0.4, 0.5) is 0 Å². The normalized spacial score (nSPS) is 13.7. The SMILES string of the molecule is CN1C=c2c(n(Cc3ccccc3)c3ccccc23)=CC1. The summed E-state index contributed by atoms with van der Waals surface area (Å²) in [5.41, 5.74) is 2.66. The van der Waals surface area contributed by atoms with E-state index >= 15 is 0 Å². The first-order chi connectivity index (χ1) is 10.3. The molecule has 2 nitrogen and oxygen atoms in total. The minimum Gasteiger partial charge on any atom is -0.376 e. The molecule has 4 rings (SSSR count). The Kier molecular flexibility index (Phi) is 2.81. The maximum atomic E-state index is 2.43. The number of nitrogens with zero attached hydrogens (tertiary/aromatic N) is 2. The largest absolute Gasteiger partial charge is 0.376 e. The number of para-hydroxylation sites is 1. The van der Waals surface area contributed by atoms with Gasteiger partial charge in [0.1, 0.15) is 0 Å². The molecule has 0 unspecified atom stereocenters. The summed E-state index contributed by atoms with van der Waals surface area (Å²) >= 11 is 0. The number of aromatic nitrogens is 1. The molecule has 1 aliphatic heterocycles. The molecule has 3 aromatic rings. The van der Waals surface area contributed by atoms with Crippen LogP contribution in [0.5, 0.6) is 0 Å². The van der Waals surface area contributed by atoms with Crippen LogP contribution in [-0.2, 0) is 6.54 Å². The van der Waals surface area contributed by atoms with Crippen LogP contribution < -0.4 is 10.6 Å². The fraction of sp³-hybridized carbons (Fsp3) is 0.158. The second kappa shape index (κ2) is 4.81. The zero-order chi connectivity index (χ0) is 14.2. The van der Waals surface area contributed by atoms with Crippen molar-refractivity contribution in [3.63, 3.8) is 0 Å². The van der Waals surface area contributed by atoms with Crippen molar-refractivity contribution in [2.24, 2.45) is 0 Å². The number of hydrogen-bond acceptors (Lipinski definition) is 1. The second-order valence-corrected chi connectivity index (χ2v) is 5.66.